The van der Waals surface area contributed by atoms with Gasteiger partial charge in [-0.1, -0.05) is 18.2 Å². The van der Waals surface area contributed by atoms with E-state index in [1.54, 1.807) is 0 Å². The lowest BCUT2D eigenvalue weighted by Gasteiger charge is -2.16. The van der Waals surface area contributed by atoms with Crippen LogP contribution in [0.3, 0.4) is 0 Å². The lowest BCUT2D eigenvalue weighted by atomic mass is 10.0. The van der Waals surface area contributed by atoms with Crippen molar-refractivity contribution in [3.8, 4) is 22.8 Å². The SMILES string of the molecule is NCCn1nc2c3c(cccc31)Oc1ccccc1-2. The number of aromatic nitrogens is 2. The predicted molar refractivity (Wildman–Crippen MR) is 74.3 cm³/mol. The molecule has 4 rings (SSSR count). The molecule has 0 amide bonds. The minimum atomic E-state index is 0.572. The van der Waals surface area contributed by atoms with Crippen molar-refractivity contribution in [3.05, 3.63) is 42.5 Å². The molecule has 0 radical (unpaired) electrons. The molecule has 4 nitrogen and oxygen atoms in total. The maximum Gasteiger partial charge on any atom is 0.139 e. The molecule has 2 aromatic carbocycles. The molecule has 0 bridgehead atoms. The fourth-order valence-electron chi connectivity index (χ4n) is 2.63. The molecular formula is C15H13N3O. The van der Waals surface area contributed by atoms with Crippen molar-refractivity contribution in [2.75, 3.05) is 6.54 Å². The molecular weight excluding hydrogens is 238 g/mol. The first-order valence-corrected chi connectivity index (χ1v) is 6.35. The zero-order valence-electron chi connectivity index (χ0n) is 10.3. The highest BCUT2D eigenvalue weighted by Gasteiger charge is 2.23. The molecule has 0 atom stereocenters. The van der Waals surface area contributed by atoms with E-state index in [-0.39, 0.29) is 0 Å². The molecule has 2 N–H and O–H groups in total. The Hall–Kier alpha value is -2.33. The molecule has 0 spiro atoms. The standard InChI is InChI=1S/C15H13N3O/c16-8-9-18-11-5-3-7-13-14(11)15(17-18)10-4-1-2-6-12(10)19-13/h1-7H,8-9,16H2. The van der Waals surface area contributed by atoms with Crippen LogP contribution in [0.25, 0.3) is 22.2 Å². The van der Waals surface area contributed by atoms with Gasteiger partial charge >= 0.3 is 0 Å². The van der Waals surface area contributed by atoms with E-state index in [1.807, 2.05) is 41.1 Å². The van der Waals surface area contributed by atoms with E-state index >= 15 is 0 Å². The van der Waals surface area contributed by atoms with Crippen LogP contribution >= 0.6 is 0 Å². The lowest BCUT2D eigenvalue weighted by molar-refractivity contribution is 0.487. The van der Waals surface area contributed by atoms with Gasteiger partial charge < -0.3 is 10.5 Å². The number of rotatable bonds is 2. The van der Waals surface area contributed by atoms with E-state index in [1.165, 1.54) is 0 Å². The highest BCUT2D eigenvalue weighted by atomic mass is 16.5. The Bertz CT molecular complexity index is 776. The van der Waals surface area contributed by atoms with Gasteiger partial charge in [0.05, 0.1) is 17.4 Å². The summed E-state index contributed by atoms with van der Waals surface area (Å²) < 4.78 is 7.91. The summed E-state index contributed by atoms with van der Waals surface area (Å²) in [7, 11) is 0. The third-order valence-corrected chi connectivity index (χ3v) is 3.44. The Kier molecular flexibility index (Phi) is 2.13. The van der Waals surface area contributed by atoms with Crippen LogP contribution in [0.5, 0.6) is 11.5 Å². The van der Waals surface area contributed by atoms with Crippen molar-refractivity contribution in [3.63, 3.8) is 0 Å². The maximum atomic E-state index is 5.96. The van der Waals surface area contributed by atoms with Crippen LogP contribution in [-0.4, -0.2) is 16.3 Å². The van der Waals surface area contributed by atoms with Gasteiger partial charge in [-0.3, -0.25) is 4.68 Å². The monoisotopic (exact) mass is 251 g/mol. The number of nitrogens with two attached hydrogens (primary N) is 1. The van der Waals surface area contributed by atoms with Crippen LogP contribution < -0.4 is 10.5 Å². The molecule has 1 aliphatic rings. The Morgan fingerprint density at radius 2 is 1.89 bits per heavy atom. The van der Waals surface area contributed by atoms with E-state index < -0.39 is 0 Å². The number of ether oxygens (including phenoxy) is 1. The van der Waals surface area contributed by atoms with E-state index in [0.717, 1.165) is 33.7 Å². The van der Waals surface area contributed by atoms with Crippen LogP contribution in [0.15, 0.2) is 42.5 Å². The predicted octanol–water partition coefficient (Wildman–Crippen LogP) is 2.77. The van der Waals surface area contributed by atoms with Crippen molar-refractivity contribution in [1.82, 2.24) is 9.78 Å². The largest absolute Gasteiger partial charge is 0.456 e. The third kappa shape index (κ3) is 1.40. The van der Waals surface area contributed by atoms with Crippen LogP contribution in [-0.2, 0) is 6.54 Å². The molecule has 3 aromatic rings. The topological polar surface area (TPSA) is 53.1 Å². The van der Waals surface area contributed by atoms with Gasteiger partial charge in [0.15, 0.2) is 0 Å². The number of nitrogens with zero attached hydrogens (tertiary/aromatic N) is 2. The highest BCUT2D eigenvalue weighted by Crippen LogP contribution is 2.45. The number of hydrogen-bond donors (Lipinski definition) is 1. The van der Waals surface area contributed by atoms with Gasteiger partial charge in [-0.2, -0.15) is 5.10 Å². The summed E-state index contributed by atoms with van der Waals surface area (Å²) in [6.07, 6.45) is 0. The minimum Gasteiger partial charge on any atom is -0.456 e. The van der Waals surface area contributed by atoms with Crippen LogP contribution in [0.1, 0.15) is 0 Å². The molecule has 0 unspecified atom stereocenters. The zero-order valence-corrected chi connectivity index (χ0v) is 10.3. The van der Waals surface area contributed by atoms with Gasteiger partial charge in [0, 0.05) is 12.1 Å². The summed E-state index contributed by atoms with van der Waals surface area (Å²) in [5, 5.41) is 5.79. The van der Waals surface area contributed by atoms with Gasteiger partial charge in [0.1, 0.15) is 17.2 Å². The average Bonchev–Trinajstić information content (AvgIpc) is 2.81. The quantitative estimate of drug-likeness (QED) is 0.596. The van der Waals surface area contributed by atoms with Crippen molar-refractivity contribution < 1.29 is 4.74 Å². The van der Waals surface area contributed by atoms with Crippen molar-refractivity contribution in [2.24, 2.45) is 5.73 Å². The fraction of sp³-hybridized carbons (Fsp3) is 0.133. The Morgan fingerprint density at radius 1 is 1.05 bits per heavy atom. The first-order valence-electron chi connectivity index (χ1n) is 6.35. The van der Waals surface area contributed by atoms with Gasteiger partial charge in [-0.25, -0.2) is 0 Å². The first-order chi connectivity index (χ1) is 9.38. The Morgan fingerprint density at radius 3 is 2.79 bits per heavy atom. The number of para-hydroxylation sites is 1. The Balaban J connectivity index is 2.09. The summed E-state index contributed by atoms with van der Waals surface area (Å²) in [6.45, 7) is 1.28. The molecule has 2 heterocycles. The second-order valence-corrected chi connectivity index (χ2v) is 4.61. The summed E-state index contributed by atoms with van der Waals surface area (Å²) >= 11 is 0. The van der Waals surface area contributed by atoms with E-state index in [4.69, 9.17) is 15.6 Å². The molecule has 19 heavy (non-hydrogen) atoms. The lowest BCUT2D eigenvalue weighted by Crippen LogP contribution is -2.10. The van der Waals surface area contributed by atoms with Gasteiger partial charge in [0.25, 0.3) is 0 Å². The molecule has 0 saturated heterocycles. The van der Waals surface area contributed by atoms with E-state index in [9.17, 15) is 0 Å². The highest BCUT2D eigenvalue weighted by molar-refractivity contribution is 6.01. The van der Waals surface area contributed by atoms with E-state index in [0.29, 0.717) is 13.1 Å². The molecule has 0 saturated carbocycles. The van der Waals surface area contributed by atoms with Crippen LogP contribution in [0.4, 0.5) is 0 Å². The second-order valence-electron chi connectivity index (χ2n) is 4.61. The molecule has 0 fully saturated rings. The van der Waals surface area contributed by atoms with Crippen molar-refractivity contribution in [2.45, 2.75) is 6.54 Å². The zero-order chi connectivity index (χ0) is 12.8. The van der Waals surface area contributed by atoms with Gasteiger partial charge in [-0.05, 0) is 24.3 Å². The molecule has 1 aliphatic heterocycles. The average molecular weight is 251 g/mol. The van der Waals surface area contributed by atoms with Gasteiger partial charge in [0.2, 0.25) is 0 Å². The molecule has 94 valence electrons. The van der Waals surface area contributed by atoms with Gasteiger partial charge in [-0.15, -0.1) is 0 Å². The van der Waals surface area contributed by atoms with Crippen molar-refractivity contribution in [1.29, 1.82) is 0 Å². The summed E-state index contributed by atoms with van der Waals surface area (Å²) in [4.78, 5) is 0. The third-order valence-electron chi connectivity index (χ3n) is 3.44. The first kappa shape index (κ1) is 10.6. The second kappa shape index (κ2) is 3.83. The molecule has 4 heteroatoms. The normalized spacial score (nSPS) is 12.3. The maximum absolute atomic E-state index is 5.96. The number of benzene rings is 2. The fourth-order valence-corrected chi connectivity index (χ4v) is 2.63. The smallest absolute Gasteiger partial charge is 0.139 e. The number of fused-ring (bicyclic) bond motifs is 2. The van der Waals surface area contributed by atoms with E-state index in [2.05, 4.69) is 6.07 Å². The molecule has 1 aromatic heterocycles. The Labute approximate surface area is 110 Å². The summed E-state index contributed by atoms with van der Waals surface area (Å²) in [6, 6.07) is 14.0. The van der Waals surface area contributed by atoms with Crippen LogP contribution in [0.2, 0.25) is 0 Å². The molecule has 0 aliphatic carbocycles. The van der Waals surface area contributed by atoms with Crippen LogP contribution in [0, 0.1) is 0 Å². The summed E-state index contributed by atoms with van der Waals surface area (Å²) in [5.74, 6) is 1.73. The number of hydrogen-bond acceptors (Lipinski definition) is 3. The van der Waals surface area contributed by atoms with Crippen molar-refractivity contribution >= 4 is 10.9 Å². The minimum absolute atomic E-state index is 0.572. The summed E-state index contributed by atoms with van der Waals surface area (Å²) in [5.41, 5.74) is 8.77.